The molecule has 0 aromatic rings. The van der Waals surface area contributed by atoms with Crippen molar-refractivity contribution in [3.8, 4) is 0 Å². The van der Waals surface area contributed by atoms with Crippen LogP contribution in [0.15, 0.2) is 0 Å². The minimum absolute atomic E-state index is 0.0677. The molecule has 1 heteroatoms. The third-order valence-electron chi connectivity index (χ3n) is 3.50. The summed E-state index contributed by atoms with van der Waals surface area (Å²) >= 11 is 0. The van der Waals surface area contributed by atoms with Crippen molar-refractivity contribution in [3.63, 3.8) is 0 Å². The molecule has 1 N–H and O–H groups in total. The van der Waals surface area contributed by atoms with Crippen LogP contribution in [0, 0.1) is 11.8 Å². The van der Waals surface area contributed by atoms with Crippen LogP contribution in [-0.4, -0.2) is 11.2 Å². The zero-order valence-corrected chi connectivity index (χ0v) is 9.13. The average molecular weight is 184 g/mol. The Hall–Kier alpha value is -0.0400. The van der Waals surface area contributed by atoms with Crippen LogP contribution in [0.2, 0.25) is 0 Å². The molecule has 1 fully saturated rings. The first-order valence-corrected chi connectivity index (χ1v) is 5.92. The fourth-order valence-corrected chi connectivity index (χ4v) is 2.51. The van der Waals surface area contributed by atoms with Crippen molar-refractivity contribution in [2.75, 3.05) is 0 Å². The normalized spacial score (nSPS) is 24.2. The maximum Gasteiger partial charge on any atom is 0.0563 e. The minimum Gasteiger partial charge on any atom is -0.393 e. The van der Waals surface area contributed by atoms with E-state index in [0.717, 1.165) is 12.3 Å². The predicted octanol–water partition coefficient (Wildman–Crippen LogP) is 3.36. The molecule has 0 spiro atoms. The maximum atomic E-state index is 9.66. The first-order valence-electron chi connectivity index (χ1n) is 5.92. The summed E-state index contributed by atoms with van der Waals surface area (Å²) in [7, 11) is 0. The highest BCUT2D eigenvalue weighted by molar-refractivity contribution is 4.71. The molecule has 1 saturated carbocycles. The summed E-state index contributed by atoms with van der Waals surface area (Å²) in [6.45, 7) is 4.27. The summed E-state index contributed by atoms with van der Waals surface area (Å²) in [6, 6.07) is 0. The van der Waals surface area contributed by atoms with Gasteiger partial charge < -0.3 is 5.11 Å². The summed E-state index contributed by atoms with van der Waals surface area (Å²) in [4.78, 5) is 0. The van der Waals surface area contributed by atoms with Crippen molar-refractivity contribution in [2.45, 2.75) is 64.9 Å². The Morgan fingerprint density at radius 1 is 1.23 bits per heavy atom. The molecule has 2 atom stereocenters. The van der Waals surface area contributed by atoms with Gasteiger partial charge in [0.2, 0.25) is 0 Å². The predicted molar refractivity (Wildman–Crippen MR) is 56.7 cm³/mol. The number of rotatable bonds is 4. The lowest BCUT2D eigenvalue weighted by molar-refractivity contribution is 0.0930. The molecule has 0 bridgehead atoms. The Morgan fingerprint density at radius 3 is 2.38 bits per heavy atom. The highest BCUT2D eigenvalue weighted by atomic mass is 16.3. The van der Waals surface area contributed by atoms with E-state index in [0.29, 0.717) is 5.92 Å². The molecule has 0 aromatic heterocycles. The van der Waals surface area contributed by atoms with Crippen molar-refractivity contribution >= 4 is 0 Å². The van der Waals surface area contributed by atoms with Crippen LogP contribution in [0.4, 0.5) is 0 Å². The molecule has 1 aliphatic carbocycles. The monoisotopic (exact) mass is 184 g/mol. The van der Waals surface area contributed by atoms with E-state index < -0.39 is 0 Å². The topological polar surface area (TPSA) is 20.2 Å². The van der Waals surface area contributed by atoms with Crippen molar-refractivity contribution in [3.05, 3.63) is 0 Å². The summed E-state index contributed by atoms with van der Waals surface area (Å²) in [6.07, 6.45) is 9.16. The quantitative estimate of drug-likeness (QED) is 0.710. The Bertz CT molecular complexity index is 127. The van der Waals surface area contributed by atoms with Gasteiger partial charge in [-0.3, -0.25) is 0 Å². The van der Waals surface area contributed by atoms with Gasteiger partial charge in [0, 0.05) is 0 Å². The van der Waals surface area contributed by atoms with Gasteiger partial charge in [-0.2, -0.15) is 0 Å². The molecule has 0 radical (unpaired) electrons. The lowest BCUT2D eigenvalue weighted by Crippen LogP contribution is -2.20. The van der Waals surface area contributed by atoms with Crippen LogP contribution in [-0.2, 0) is 0 Å². The Balaban J connectivity index is 2.21. The van der Waals surface area contributed by atoms with E-state index in [4.69, 9.17) is 0 Å². The van der Waals surface area contributed by atoms with Crippen LogP contribution in [0.5, 0.6) is 0 Å². The van der Waals surface area contributed by atoms with Crippen LogP contribution < -0.4 is 0 Å². The number of hydrogen-bond acceptors (Lipinski definition) is 1. The van der Waals surface area contributed by atoms with E-state index in [2.05, 4.69) is 13.8 Å². The van der Waals surface area contributed by atoms with E-state index >= 15 is 0 Å². The average Bonchev–Trinajstić information content (AvgIpc) is 2.18. The zero-order chi connectivity index (χ0) is 9.68. The van der Waals surface area contributed by atoms with Gasteiger partial charge in [-0.15, -0.1) is 0 Å². The first kappa shape index (κ1) is 11.0. The summed E-state index contributed by atoms with van der Waals surface area (Å²) in [5.41, 5.74) is 0. The van der Waals surface area contributed by atoms with Gasteiger partial charge in [0.1, 0.15) is 0 Å². The van der Waals surface area contributed by atoms with Crippen LogP contribution in [0.1, 0.15) is 58.8 Å². The van der Waals surface area contributed by atoms with Crippen molar-refractivity contribution < 1.29 is 5.11 Å². The van der Waals surface area contributed by atoms with Crippen molar-refractivity contribution in [1.29, 1.82) is 0 Å². The van der Waals surface area contributed by atoms with Gasteiger partial charge in [-0.25, -0.2) is 0 Å². The van der Waals surface area contributed by atoms with Gasteiger partial charge in [0.05, 0.1) is 6.10 Å². The maximum absolute atomic E-state index is 9.66. The highest BCUT2D eigenvalue weighted by Gasteiger charge is 2.19. The second-order valence-corrected chi connectivity index (χ2v) is 4.69. The molecule has 78 valence electrons. The van der Waals surface area contributed by atoms with E-state index in [1.54, 1.807) is 0 Å². The van der Waals surface area contributed by atoms with Crippen LogP contribution >= 0.6 is 0 Å². The fourth-order valence-electron chi connectivity index (χ4n) is 2.51. The van der Waals surface area contributed by atoms with Gasteiger partial charge in [0.25, 0.3) is 0 Å². The SMILES string of the molecule is CCC(O)C(C)CC1CCCCC1. The summed E-state index contributed by atoms with van der Waals surface area (Å²) in [5.74, 6) is 1.41. The molecule has 13 heavy (non-hydrogen) atoms. The van der Waals surface area contributed by atoms with Crippen molar-refractivity contribution in [2.24, 2.45) is 11.8 Å². The van der Waals surface area contributed by atoms with Gasteiger partial charge >= 0.3 is 0 Å². The highest BCUT2D eigenvalue weighted by Crippen LogP contribution is 2.30. The molecule has 0 heterocycles. The molecule has 0 amide bonds. The van der Waals surface area contributed by atoms with Crippen LogP contribution in [0.3, 0.4) is 0 Å². The molecule has 1 rings (SSSR count). The third kappa shape index (κ3) is 3.68. The largest absolute Gasteiger partial charge is 0.393 e. The Labute approximate surface area is 82.5 Å². The van der Waals surface area contributed by atoms with Gasteiger partial charge in [-0.1, -0.05) is 46.0 Å². The fraction of sp³-hybridized carbons (Fsp3) is 1.00. The number of hydrogen-bond donors (Lipinski definition) is 1. The number of aliphatic hydroxyl groups is 1. The third-order valence-corrected chi connectivity index (χ3v) is 3.50. The molecular formula is C12H24O. The van der Waals surface area contributed by atoms with E-state index in [1.807, 2.05) is 0 Å². The molecule has 0 aliphatic heterocycles. The standard InChI is InChI=1S/C12H24O/c1-3-12(13)10(2)9-11-7-5-4-6-8-11/h10-13H,3-9H2,1-2H3. The molecule has 0 saturated heterocycles. The Kier molecular flexibility index (Phi) is 4.79. The Morgan fingerprint density at radius 2 is 1.85 bits per heavy atom. The lowest BCUT2D eigenvalue weighted by Gasteiger charge is -2.26. The molecule has 2 unspecified atom stereocenters. The smallest absolute Gasteiger partial charge is 0.0563 e. The van der Waals surface area contributed by atoms with E-state index in [9.17, 15) is 5.11 Å². The zero-order valence-electron chi connectivity index (χ0n) is 9.13. The second-order valence-electron chi connectivity index (χ2n) is 4.69. The van der Waals surface area contributed by atoms with E-state index in [-0.39, 0.29) is 6.10 Å². The van der Waals surface area contributed by atoms with E-state index in [1.165, 1.54) is 38.5 Å². The van der Waals surface area contributed by atoms with Gasteiger partial charge in [0.15, 0.2) is 0 Å². The van der Waals surface area contributed by atoms with Gasteiger partial charge in [-0.05, 0) is 24.7 Å². The first-order chi connectivity index (χ1) is 6.24. The molecule has 1 aliphatic rings. The lowest BCUT2D eigenvalue weighted by atomic mass is 9.81. The van der Waals surface area contributed by atoms with Crippen molar-refractivity contribution in [1.82, 2.24) is 0 Å². The number of aliphatic hydroxyl groups excluding tert-OH is 1. The molecule has 0 aromatic carbocycles. The second kappa shape index (κ2) is 5.64. The summed E-state index contributed by atoms with van der Waals surface area (Å²) < 4.78 is 0. The van der Waals surface area contributed by atoms with Crippen LogP contribution in [0.25, 0.3) is 0 Å². The molecular weight excluding hydrogens is 160 g/mol. The summed E-state index contributed by atoms with van der Waals surface area (Å²) in [5, 5.41) is 9.66. The molecule has 1 nitrogen and oxygen atoms in total. The minimum atomic E-state index is -0.0677.